The van der Waals surface area contributed by atoms with E-state index in [4.69, 9.17) is 4.74 Å². The first-order chi connectivity index (χ1) is 13.1. The number of nitrogens with one attached hydrogen (secondary N) is 1. The number of fused-ring (bicyclic) bond motifs is 1. The van der Waals surface area contributed by atoms with Gasteiger partial charge in [-0.2, -0.15) is 13.2 Å². The van der Waals surface area contributed by atoms with E-state index in [9.17, 15) is 27.9 Å². The lowest BCUT2D eigenvalue weighted by Crippen LogP contribution is -2.49. The van der Waals surface area contributed by atoms with Crippen LogP contribution in [0.5, 0.6) is 0 Å². The van der Waals surface area contributed by atoms with Crippen LogP contribution in [0.4, 0.5) is 23.8 Å². The number of rotatable bonds is 6. The van der Waals surface area contributed by atoms with Crippen molar-refractivity contribution < 1.29 is 32.6 Å². The molecule has 2 N–H and O–H groups in total. The lowest BCUT2D eigenvalue weighted by molar-refractivity contribution is -0.141. The van der Waals surface area contributed by atoms with Crippen molar-refractivity contribution in [1.29, 1.82) is 0 Å². The molecular weight excluding hydrogens is 379 g/mol. The number of nitrogens with zero attached hydrogens (tertiary/aromatic N) is 2. The summed E-state index contributed by atoms with van der Waals surface area (Å²) in [5.41, 5.74) is -2.87. The van der Waals surface area contributed by atoms with Crippen LogP contribution in [0.15, 0.2) is 24.8 Å². The zero-order valence-corrected chi connectivity index (χ0v) is 15.2. The van der Waals surface area contributed by atoms with Crippen LogP contribution in [0.3, 0.4) is 0 Å². The largest absolute Gasteiger partial charge is 0.465 e. The van der Waals surface area contributed by atoms with E-state index in [1.807, 2.05) is 0 Å². The molecule has 152 valence electrons. The summed E-state index contributed by atoms with van der Waals surface area (Å²) in [7, 11) is 0. The first kappa shape index (κ1) is 20.1. The zero-order valence-electron chi connectivity index (χ0n) is 15.2. The lowest BCUT2D eigenvalue weighted by Gasteiger charge is -2.26. The average molecular weight is 399 g/mol. The van der Waals surface area contributed by atoms with E-state index in [0.29, 0.717) is 12.0 Å². The zero-order chi connectivity index (χ0) is 20.7. The molecule has 0 bridgehead atoms. The number of halogens is 3. The minimum Gasteiger partial charge on any atom is -0.465 e. The van der Waals surface area contributed by atoms with E-state index in [2.05, 4.69) is 16.9 Å². The van der Waals surface area contributed by atoms with Gasteiger partial charge in [0.05, 0.1) is 13.2 Å². The number of pyridine rings is 1. The van der Waals surface area contributed by atoms with Crippen molar-refractivity contribution in [3.63, 3.8) is 0 Å². The molecule has 0 aromatic carbocycles. The fourth-order valence-corrected chi connectivity index (χ4v) is 3.95. The van der Waals surface area contributed by atoms with Crippen molar-refractivity contribution in [2.24, 2.45) is 5.41 Å². The summed E-state index contributed by atoms with van der Waals surface area (Å²) in [5, 5.41) is 11.9. The quantitative estimate of drug-likeness (QED) is 0.567. The Morgan fingerprint density at radius 3 is 2.79 bits per heavy atom. The SMILES string of the molecule is C=CCOC[C@]12CCN(C(=O)O)[C@]1(C(=O)Nc1nc(C(F)(F)F)ccc1C)C2. The van der Waals surface area contributed by atoms with Crippen LogP contribution >= 0.6 is 0 Å². The lowest BCUT2D eigenvalue weighted by atomic mass is 10.00. The number of carbonyl (C=O) groups excluding carboxylic acids is 1. The molecule has 1 saturated carbocycles. The molecule has 2 fully saturated rings. The maximum atomic E-state index is 13.0. The third-order valence-electron chi connectivity index (χ3n) is 5.46. The van der Waals surface area contributed by atoms with E-state index in [-0.39, 0.29) is 32.0 Å². The molecule has 3 rings (SSSR count). The highest BCUT2D eigenvalue weighted by Crippen LogP contribution is 2.67. The van der Waals surface area contributed by atoms with Crippen LogP contribution < -0.4 is 5.32 Å². The number of ether oxygens (including phenoxy) is 1. The van der Waals surface area contributed by atoms with Gasteiger partial charge in [0.1, 0.15) is 17.1 Å². The summed E-state index contributed by atoms with van der Waals surface area (Å²) < 4.78 is 44.3. The second-order valence-electron chi connectivity index (χ2n) is 7.12. The molecule has 2 amide bonds. The van der Waals surface area contributed by atoms with Gasteiger partial charge in [-0.3, -0.25) is 9.69 Å². The van der Waals surface area contributed by atoms with E-state index < -0.39 is 34.8 Å². The maximum Gasteiger partial charge on any atom is 0.433 e. The molecule has 1 saturated heterocycles. The molecule has 10 heteroatoms. The Kier molecular flexibility index (Phi) is 4.86. The molecule has 2 atom stereocenters. The van der Waals surface area contributed by atoms with Gasteiger partial charge < -0.3 is 15.2 Å². The summed E-state index contributed by atoms with van der Waals surface area (Å²) in [4.78, 5) is 29.2. The highest BCUT2D eigenvalue weighted by molar-refractivity contribution is 6.04. The van der Waals surface area contributed by atoms with Gasteiger partial charge in [-0.25, -0.2) is 9.78 Å². The van der Waals surface area contributed by atoms with Gasteiger partial charge in [0, 0.05) is 12.0 Å². The van der Waals surface area contributed by atoms with E-state index in [1.54, 1.807) is 6.08 Å². The predicted octanol–water partition coefficient (Wildman–Crippen LogP) is 3.06. The molecule has 28 heavy (non-hydrogen) atoms. The number of aromatic nitrogens is 1. The molecule has 0 unspecified atom stereocenters. The van der Waals surface area contributed by atoms with E-state index in [1.165, 1.54) is 13.0 Å². The van der Waals surface area contributed by atoms with Gasteiger partial charge in [-0.15, -0.1) is 6.58 Å². The average Bonchev–Trinajstić information content (AvgIpc) is 3.15. The number of piperidine rings is 1. The van der Waals surface area contributed by atoms with E-state index in [0.717, 1.165) is 11.0 Å². The van der Waals surface area contributed by atoms with Crippen LogP contribution in [-0.2, 0) is 15.7 Å². The van der Waals surface area contributed by atoms with Gasteiger partial charge in [0.15, 0.2) is 0 Å². The standard InChI is InChI=1S/C18H20F3N3O4/c1-3-8-28-10-16-6-7-24(15(26)27)17(16,9-16)14(25)23-13-11(2)4-5-12(22-13)18(19,20)21/h3-5H,1,6-10H2,2H3,(H,26,27)(H,22,23,25)/t16-,17+/m1/s1. The number of hydrogen-bond acceptors (Lipinski definition) is 4. The highest BCUT2D eigenvalue weighted by atomic mass is 19.4. The minimum absolute atomic E-state index is 0.148. The summed E-state index contributed by atoms with van der Waals surface area (Å²) >= 11 is 0. The summed E-state index contributed by atoms with van der Waals surface area (Å²) in [6.45, 7) is 5.61. The number of aryl methyl sites for hydroxylation is 1. The fourth-order valence-electron chi connectivity index (χ4n) is 3.95. The number of amides is 2. The predicted molar refractivity (Wildman–Crippen MR) is 92.8 cm³/mol. The number of likely N-dealkylation sites (tertiary alicyclic amines) is 1. The third-order valence-corrected chi connectivity index (χ3v) is 5.46. The second-order valence-corrected chi connectivity index (χ2v) is 7.12. The topological polar surface area (TPSA) is 91.8 Å². The number of hydrogen-bond donors (Lipinski definition) is 2. The van der Waals surface area contributed by atoms with Gasteiger partial charge in [-0.1, -0.05) is 12.1 Å². The number of alkyl halides is 3. The number of carbonyl (C=O) groups is 2. The van der Waals surface area contributed by atoms with Crippen LogP contribution in [0.25, 0.3) is 0 Å². The molecule has 1 aromatic heterocycles. The maximum absolute atomic E-state index is 13.0. The normalized spacial score (nSPS) is 25.9. The molecule has 2 aliphatic rings. The molecule has 1 aliphatic carbocycles. The molecule has 1 aliphatic heterocycles. The van der Waals surface area contributed by atoms with E-state index >= 15 is 0 Å². The van der Waals surface area contributed by atoms with Crippen LogP contribution in [0.1, 0.15) is 24.1 Å². The molecule has 1 aromatic rings. The Balaban J connectivity index is 1.88. The van der Waals surface area contributed by atoms with Crippen molar-refractivity contribution in [3.05, 3.63) is 36.0 Å². The Bertz CT molecular complexity index is 829. The van der Waals surface area contributed by atoms with Gasteiger partial charge >= 0.3 is 12.3 Å². The minimum atomic E-state index is -4.66. The molecule has 0 spiro atoms. The fraction of sp³-hybridized carbons (Fsp3) is 0.500. The molecule has 7 nitrogen and oxygen atoms in total. The Hall–Kier alpha value is -2.62. The van der Waals surface area contributed by atoms with Crippen molar-refractivity contribution in [2.75, 3.05) is 25.1 Å². The van der Waals surface area contributed by atoms with Gasteiger partial charge in [0.25, 0.3) is 5.91 Å². The Morgan fingerprint density at radius 1 is 1.46 bits per heavy atom. The third kappa shape index (κ3) is 3.11. The smallest absolute Gasteiger partial charge is 0.433 e. The highest BCUT2D eigenvalue weighted by Gasteiger charge is 2.79. The summed E-state index contributed by atoms with van der Waals surface area (Å²) in [5.74, 6) is -0.927. The Labute approximate surface area is 159 Å². The monoisotopic (exact) mass is 399 g/mol. The summed E-state index contributed by atoms with van der Waals surface area (Å²) in [6.07, 6.45) is -3.70. The van der Waals surface area contributed by atoms with Gasteiger partial charge in [-0.05, 0) is 31.4 Å². The van der Waals surface area contributed by atoms with Crippen LogP contribution in [0.2, 0.25) is 0 Å². The molecular formula is C18H20F3N3O4. The number of carboxylic acid groups (broad SMARTS) is 1. The first-order valence-corrected chi connectivity index (χ1v) is 8.63. The van der Waals surface area contributed by atoms with Crippen molar-refractivity contribution in [2.45, 2.75) is 31.5 Å². The van der Waals surface area contributed by atoms with Crippen LogP contribution in [0, 0.1) is 12.3 Å². The second kappa shape index (κ2) is 6.77. The first-order valence-electron chi connectivity index (χ1n) is 8.63. The van der Waals surface area contributed by atoms with Gasteiger partial charge in [0.2, 0.25) is 0 Å². The van der Waals surface area contributed by atoms with Crippen molar-refractivity contribution in [1.82, 2.24) is 9.88 Å². The van der Waals surface area contributed by atoms with Crippen molar-refractivity contribution >= 4 is 17.8 Å². The van der Waals surface area contributed by atoms with Crippen molar-refractivity contribution in [3.8, 4) is 0 Å². The summed E-state index contributed by atoms with van der Waals surface area (Å²) in [6, 6.07) is 2.03. The Morgan fingerprint density at radius 2 is 2.18 bits per heavy atom. The van der Waals surface area contributed by atoms with Crippen LogP contribution in [-0.4, -0.2) is 52.3 Å². The molecule has 0 radical (unpaired) electrons. The molecule has 2 heterocycles. The number of anilines is 1.